The molecule has 16 heavy (non-hydrogen) atoms. The quantitative estimate of drug-likeness (QED) is 0.657. The summed E-state index contributed by atoms with van der Waals surface area (Å²) in [4.78, 5) is 1.76. The zero-order valence-electron chi connectivity index (χ0n) is 10.1. The summed E-state index contributed by atoms with van der Waals surface area (Å²) >= 11 is 0. The van der Waals surface area contributed by atoms with Crippen LogP contribution in [0.5, 0.6) is 0 Å². The monoisotopic (exact) mass is 228 g/mol. The number of hydrogen-bond donors (Lipinski definition) is 2. The first kappa shape index (κ1) is 12.9. The molecule has 1 aromatic heterocycles. The predicted octanol–water partition coefficient (Wildman–Crippen LogP) is 0.386. The molecule has 1 rings (SSSR count). The topological polar surface area (TPSA) is 74.4 Å². The van der Waals surface area contributed by atoms with E-state index < -0.39 is 0 Å². The first-order valence-corrected chi connectivity index (χ1v) is 5.55. The molecule has 0 saturated carbocycles. The van der Waals surface area contributed by atoms with E-state index >= 15 is 0 Å². The van der Waals surface area contributed by atoms with E-state index in [0.717, 1.165) is 13.0 Å². The van der Waals surface area contributed by atoms with Gasteiger partial charge in [-0.1, -0.05) is 12.0 Å². The van der Waals surface area contributed by atoms with Gasteiger partial charge in [0.05, 0.1) is 19.2 Å². The zero-order valence-corrected chi connectivity index (χ0v) is 10.1. The van der Waals surface area contributed by atoms with E-state index in [-0.39, 0.29) is 12.6 Å². The van der Waals surface area contributed by atoms with E-state index in [4.69, 9.17) is 9.52 Å². The van der Waals surface area contributed by atoms with Gasteiger partial charge in [0.25, 0.3) is 0 Å². The lowest BCUT2D eigenvalue weighted by molar-refractivity contribution is 0.266. The lowest BCUT2D eigenvalue weighted by Crippen LogP contribution is -2.32. The molecular formula is C10H20N4O2. The number of nitrogens with zero attached hydrogens (tertiary/aromatic N) is 3. The number of rotatable bonds is 7. The highest BCUT2D eigenvalue weighted by Gasteiger charge is 2.15. The van der Waals surface area contributed by atoms with Crippen LogP contribution >= 0.6 is 0 Å². The van der Waals surface area contributed by atoms with E-state index in [1.165, 1.54) is 0 Å². The highest BCUT2D eigenvalue weighted by atomic mass is 16.4. The van der Waals surface area contributed by atoms with Crippen molar-refractivity contribution in [2.45, 2.75) is 32.9 Å². The molecule has 0 aliphatic carbocycles. The molecule has 0 fully saturated rings. The minimum Gasteiger partial charge on any atom is -0.407 e. The van der Waals surface area contributed by atoms with E-state index in [9.17, 15) is 0 Å². The standard InChI is InChI=1S/C10H20N4O2/c1-4-5-11-6-9-12-13-10(16-9)14(3)8(2)7-15/h8,11,15H,4-7H2,1-3H3. The van der Waals surface area contributed by atoms with Crippen molar-refractivity contribution in [2.24, 2.45) is 0 Å². The van der Waals surface area contributed by atoms with Crippen molar-refractivity contribution in [2.75, 3.05) is 25.1 Å². The van der Waals surface area contributed by atoms with Crippen LogP contribution in [0.15, 0.2) is 4.42 Å². The van der Waals surface area contributed by atoms with Crippen LogP contribution in [0.25, 0.3) is 0 Å². The van der Waals surface area contributed by atoms with E-state index in [0.29, 0.717) is 18.5 Å². The zero-order chi connectivity index (χ0) is 12.0. The minimum atomic E-state index is -0.0306. The molecule has 0 amide bonds. The van der Waals surface area contributed by atoms with Gasteiger partial charge in [-0.2, -0.15) is 0 Å². The van der Waals surface area contributed by atoms with Gasteiger partial charge in [0.1, 0.15) is 0 Å². The summed E-state index contributed by atoms with van der Waals surface area (Å²) in [7, 11) is 1.82. The van der Waals surface area contributed by atoms with E-state index in [1.54, 1.807) is 4.90 Å². The number of aromatic nitrogens is 2. The van der Waals surface area contributed by atoms with Crippen molar-refractivity contribution < 1.29 is 9.52 Å². The second-order valence-corrected chi connectivity index (χ2v) is 3.80. The highest BCUT2D eigenvalue weighted by Crippen LogP contribution is 2.12. The minimum absolute atomic E-state index is 0.0306. The maximum atomic E-state index is 9.00. The van der Waals surface area contributed by atoms with Gasteiger partial charge in [-0.3, -0.25) is 0 Å². The van der Waals surface area contributed by atoms with Crippen LogP contribution in [0.1, 0.15) is 26.2 Å². The van der Waals surface area contributed by atoms with Gasteiger partial charge in [0, 0.05) is 7.05 Å². The molecular weight excluding hydrogens is 208 g/mol. The molecule has 1 atom stereocenters. The Morgan fingerprint density at radius 3 is 2.88 bits per heavy atom. The number of aliphatic hydroxyl groups is 1. The van der Waals surface area contributed by atoms with E-state index in [1.807, 2.05) is 14.0 Å². The summed E-state index contributed by atoms with van der Waals surface area (Å²) in [6.07, 6.45) is 1.07. The second kappa shape index (κ2) is 6.44. The van der Waals surface area contributed by atoms with Gasteiger partial charge in [-0.25, -0.2) is 0 Å². The van der Waals surface area contributed by atoms with Crippen molar-refractivity contribution in [3.8, 4) is 0 Å². The molecule has 1 heterocycles. The molecule has 0 aliphatic heterocycles. The maximum absolute atomic E-state index is 9.00. The fourth-order valence-corrected chi connectivity index (χ4v) is 1.14. The van der Waals surface area contributed by atoms with Crippen LogP contribution in [-0.4, -0.2) is 41.5 Å². The Hall–Kier alpha value is -1.14. The van der Waals surface area contributed by atoms with Crippen LogP contribution in [0.3, 0.4) is 0 Å². The Morgan fingerprint density at radius 2 is 2.25 bits per heavy atom. The Morgan fingerprint density at radius 1 is 1.50 bits per heavy atom. The lowest BCUT2D eigenvalue weighted by Gasteiger charge is -2.19. The molecule has 1 aromatic rings. The summed E-state index contributed by atoms with van der Waals surface area (Å²) in [5.74, 6) is 0.570. The average Bonchev–Trinajstić information content (AvgIpc) is 2.76. The molecule has 6 heteroatoms. The Bertz CT molecular complexity index is 303. The summed E-state index contributed by atoms with van der Waals surface area (Å²) < 4.78 is 5.45. The smallest absolute Gasteiger partial charge is 0.318 e. The summed E-state index contributed by atoms with van der Waals surface area (Å²) in [5, 5.41) is 20.0. The third kappa shape index (κ3) is 3.46. The van der Waals surface area contributed by atoms with Gasteiger partial charge < -0.3 is 19.7 Å². The van der Waals surface area contributed by atoms with Crippen LogP contribution in [0.2, 0.25) is 0 Å². The second-order valence-electron chi connectivity index (χ2n) is 3.80. The normalized spacial score (nSPS) is 12.8. The third-order valence-corrected chi connectivity index (χ3v) is 2.39. The molecule has 1 unspecified atom stereocenters. The van der Waals surface area contributed by atoms with E-state index in [2.05, 4.69) is 22.4 Å². The molecule has 0 spiro atoms. The SMILES string of the molecule is CCCNCc1nnc(N(C)C(C)CO)o1. The Balaban J connectivity index is 2.50. The molecule has 0 saturated heterocycles. The molecule has 0 aromatic carbocycles. The van der Waals surface area contributed by atoms with Gasteiger partial charge in [0.15, 0.2) is 0 Å². The average molecular weight is 228 g/mol. The molecule has 92 valence electrons. The highest BCUT2D eigenvalue weighted by molar-refractivity contribution is 5.23. The number of anilines is 1. The van der Waals surface area contributed by atoms with Gasteiger partial charge in [0.2, 0.25) is 5.89 Å². The molecule has 6 nitrogen and oxygen atoms in total. The van der Waals surface area contributed by atoms with Crippen LogP contribution < -0.4 is 10.2 Å². The van der Waals surface area contributed by atoms with Crippen LogP contribution in [-0.2, 0) is 6.54 Å². The number of nitrogens with one attached hydrogen (secondary N) is 1. The third-order valence-electron chi connectivity index (χ3n) is 2.39. The van der Waals surface area contributed by atoms with Crippen molar-refractivity contribution in [1.29, 1.82) is 0 Å². The number of likely N-dealkylation sites (N-methyl/N-ethyl adjacent to an activating group) is 1. The Labute approximate surface area is 95.7 Å². The molecule has 0 aliphatic rings. The summed E-state index contributed by atoms with van der Waals surface area (Å²) in [5.41, 5.74) is 0. The summed E-state index contributed by atoms with van der Waals surface area (Å²) in [6.45, 7) is 5.56. The molecule has 2 N–H and O–H groups in total. The first-order valence-electron chi connectivity index (χ1n) is 5.55. The largest absolute Gasteiger partial charge is 0.407 e. The van der Waals surface area contributed by atoms with Gasteiger partial charge in [-0.05, 0) is 19.9 Å². The van der Waals surface area contributed by atoms with Crippen LogP contribution in [0, 0.1) is 0 Å². The fourth-order valence-electron chi connectivity index (χ4n) is 1.14. The number of aliphatic hydroxyl groups excluding tert-OH is 1. The fraction of sp³-hybridized carbons (Fsp3) is 0.800. The number of hydrogen-bond acceptors (Lipinski definition) is 6. The van der Waals surface area contributed by atoms with Gasteiger partial charge >= 0.3 is 6.01 Å². The Kier molecular flexibility index (Phi) is 5.21. The molecule has 0 bridgehead atoms. The lowest BCUT2D eigenvalue weighted by atomic mass is 10.3. The van der Waals surface area contributed by atoms with Crippen molar-refractivity contribution in [3.63, 3.8) is 0 Å². The maximum Gasteiger partial charge on any atom is 0.318 e. The van der Waals surface area contributed by atoms with Crippen molar-refractivity contribution in [3.05, 3.63) is 5.89 Å². The summed E-state index contributed by atoms with van der Waals surface area (Å²) in [6, 6.07) is 0.409. The van der Waals surface area contributed by atoms with Gasteiger partial charge in [-0.15, -0.1) is 5.10 Å². The van der Waals surface area contributed by atoms with Crippen LogP contribution in [0.4, 0.5) is 6.01 Å². The van der Waals surface area contributed by atoms with Crippen molar-refractivity contribution in [1.82, 2.24) is 15.5 Å². The first-order chi connectivity index (χ1) is 7.69. The van der Waals surface area contributed by atoms with Crippen molar-refractivity contribution >= 4 is 6.01 Å². The predicted molar refractivity (Wildman–Crippen MR) is 61.2 cm³/mol. The molecule has 0 radical (unpaired) electrons.